The van der Waals surface area contributed by atoms with Gasteiger partial charge in [0.1, 0.15) is 5.75 Å². The van der Waals surface area contributed by atoms with E-state index >= 15 is 0 Å². The third-order valence-electron chi connectivity index (χ3n) is 5.38. The molecule has 0 radical (unpaired) electrons. The Kier molecular flexibility index (Phi) is 6.21. The van der Waals surface area contributed by atoms with Crippen LogP contribution in [0, 0.1) is 10.1 Å². The van der Waals surface area contributed by atoms with E-state index < -0.39 is 4.92 Å². The number of hydrogen-bond donors (Lipinski definition) is 0. The van der Waals surface area contributed by atoms with Crippen LogP contribution in [0.1, 0.15) is 44.4 Å². The SMILES string of the molecule is CCn1c(SCc2cc([N+](=O)[O-])cc3c2OCOC3)nnc1-c1ccc(C(C)(C)C)cc1. The fourth-order valence-electron chi connectivity index (χ4n) is 3.65. The Balaban J connectivity index is 1.60. The molecule has 0 saturated heterocycles. The lowest BCUT2D eigenvalue weighted by Crippen LogP contribution is -2.13. The average molecular weight is 455 g/mol. The van der Waals surface area contributed by atoms with E-state index in [1.807, 2.05) is 0 Å². The second-order valence-corrected chi connectivity index (χ2v) is 9.57. The van der Waals surface area contributed by atoms with Gasteiger partial charge in [0.25, 0.3) is 5.69 Å². The third-order valence-corrected chi connectivity index (χ3v) is 6.40. The first-order valence-electron chi connectivity index (χ1n) is 10.5. The Labute approximate surface area is 191 Å². The molecule has 0 fully saturated rings. The minimum absolute atomic E-state index is 0.0324. The number of benzene rings is 2. The second kappa shape index (κ2) is 8.91. The molecular formula is C23H26N4O4S. The number of nitrogens with zero attached hydrogens (tertiary/aromatic N) is 4. The van der Waals surface area contributed by atoms with Gasteiger partial charge in [-0.15, -0.1) is 10.2 Å². The van der Waals surface area contributed by atoms with Crippen LogP contribution in [0.25, 0.3) is 11.4 Å². The van der Waals surface area contributed by atoms with Crippen LogP contribution < -0.4 is 4.74 Å². The molecule has 0 bridgehead atoms. The van der Waals surface area contributed by atoms with Gasteiger partial charge in [-0.05, 0) is 17.9 Å². The monoisotopic (exact) mass is 454 g/mol. The van der Waals surface area contributed by atoms with Crippen LogP contribution in [0.15, 0.2) is 41.6 Å². The minimum Gasteiger partial charge on any atom is -0.467 e. The molecule has 32 heavy (non-hydrogen) atoms. The summed E-state index contributed by atoms with van der Waals surface area (Å²) < 4.78 is 13.0. The van der Waals surface area contributed by atoms with Crippen molar-refractivity contribution in [3.05, 3.63) is 63.2 Å². The van der Waals surface area contributed by atoms with Crippen molar-refractivity contribution in [2.45, 2.75) is 57.2 Å². The fourth-order valence-corrected chi connectivity index (χ4v) is 4.62. The van der Waals surface area contributed by atoms with Crippen molar-refractivity contribution in [2.24, 2.45) is 0 Å². The molecular weight excluding hydrogens is 428 g/mol. The van der Waals surface area contributed by atoms with Crippen molar-refractivity contribution >= 4 is 17.4 Å². The van der Waals surface area contributed by atoms with E-state index in [2.05, 4.69) is 66.7 Å². The summed E-state index contributed by atoms with van der Waals surface area (Å²) in [6, 6.07) is 11.5. The number of thioether (sulfide) groups is 1. The number of ether oxygens (including phenoxy) is 2. The van der Waals surface area contributed by atoms with Crippen LogP contribution in [0.5, 0.6) is 5.75 Å². The van der Waals surface area contributed by atoms with Gasteiger partial charge in [-0.3, -0.25) is 10.1 Å². The molecule has 9 heteroatoms. The Morgan fingerprint density at radius 3 is 2.59 bits per heavy atom. The summed E-state index contributed by atoms with van der Waals surface area (Å²) in [6.45, 7) is 9.77. The summed E-state index contributed by atoms with van der Waals surface area (Å²) in [7, 11) is 0. The molecule has 0 unspecified atom stereocenters. The highest BCUT2D eigenvalue weighted by Crippen LogP contribution is 2.36. The Bertz CT molecular complexity index is 1140. The number of hydrogen-bond acceptors (Lipinski definition) is 7. The van der Waals surface area contributed by atoms with Gasteiger partial charge in [0.2, 0.25) is 0 Å². The van der Waals surface area contributed by atoms with Crippen molar-refractivity contribution in [3.8, 4) is 17.1 Å². The average Bonchev–Trinajstić information content (AvgIpc) is 3.19. The molecule has 1 aliphatic rings. The minimum atomic E-state index is -0.392. The molecule has 1 aromatic heterocycles. The summed E-state index contributed by atoms with van der Waals surface area (Å²) in [5.41, 5.74) is 3.83. The number of rotatable bonds is 6. The second-order valence-electron chi connectivity index (χ2n) is 8.63. The van der Waals surface area contributed by atoms with Crippen LogP contribution in [0.4, 0.5) is 5.69 Å². The summed E-state index contributed by atoms with van der Waals surface area (Å²) >= 11 is 1.49. The normalized spacial score (nSPS) is 13.5. The molecule has 0 spiro atoms. The summed E-state index contributed by atoms with van der Waals surface area (Å²) in [4.78, 5) is 11.0. The zero-order valence-corrected chi connectivity index (χ0v) is 19.4. The molecule has 2 heterocycles. The van der Waals surface area contributed by atoms with Crippen molar-refractivity contribution in [2.75, 3.05) is 6.79 Å². The highest BCUT2D eigenvalue weighted by molar-refractivity contribution is 7.98. The summed E-state index contributed by atoms with van der Waals surface area (Å²) in [5, 5.41) is 20.9. The molecule has 168 valence electrons. The van der Waals surface area contributed by atoms with Gasteiger partial charge < -0.3 is 14.0 Å². The largest absolute Gasteiger partial charge is 0.467 e. The highest BCUT2D eigenvalue weighted by atomic mass is 32.2. The molecule has 0 N–H and O–H groups in total. The van der Waals surface area contributed by atoms with Gasteiger partial charge in [0, 0.05) is 41.1 Å². The number of aromatic nitrogens is 3. The first-order chi connectivity index (χ1) is 15.3. The summed E-state index contributed by atoms with van der Waals surface area (Å²) in [5.74, 6) is 1.95. The molecule has 8 nitrogen and oxygen atoms in total. The maximum Gasteiger partial charge on any atom is 0.270 e. The van der Waals surface area contributed by atoms with E-state index in [9.17, 15) is 10.1 Å². The van der Waals surface area contributed by atoms with Crippen molar-refractivity contribution in [1.29, 1.82) is 0 Å². The van der Waals surface area contributed by atoms with Gasteiger partial charge in [0.15, 0.2) is 17.8 Å². The molecule has 1 aliphatic heterocycles. The van der Waals surface area contributed by atoms with Crippen molar-refractivity contribution < 1.29 is 14.4 Å². The lowest BCUT2D eigenvalue weighted by molar-refractivity contribution is -0.385. The van der Waals surface area contributed by atoms with Crippen LogP contribution in [-0.4, -0.2) is 26.5 Å². The maximum atomic E-state index is 11.4. The van der Waals surface area contributed by atoms with Crippen LogP contribution in [0.2, 0.25) is 0 Å². The van der Waals surface area contributed by atoms with Crippen LogP contribution in [0.3, 0.4) is 0 Å². The molecule has 0 atom stereocenters. The molecule has 4 rings (SSSR count). The van der Waals surface area contributed by atoms with Gasteiger partial charge in [-0.1, -0.05) is 56.8 Å². The number of nitro groups is 1. The molecule has 3 aromatic rings. The topological polar surface area (TPSA) is 92.3 Å². The van der Waals surface area contributed by atoms with E-state index in [4.69, 9.17) is 9.47 Å². The molecule has 0 saturated carbocycles. The van der Waals surface area contributed by atoms with Crippen molar-refractivity contribution in [1.82, 2.24) is 14.8 Å². The molecule has 2 aromatic carbocycles. The van der Waals surface area contributed by atoms with E-state index in [0.717, 1.165) is 22.1 Å². The predicted octanol–water partition coefficient (Wildman–Crippen LogP) is 5.33. The lowest BCUT2D eigenvalue weighted by atomic mass is 9.87. The van der Waals surface area contributed by atoms with E-state index in [1.54, 1.807) is 6.07 Å². The van der Waals surface area contributed by atoms with Crippen LogP contribution in [-0.2, 0) is 29.1 Å². The van der Waals surface area contributed by atoms with E-state index in [-0.39, 0.29) is 17.9 Å². The first kappa shape index (κ1) is 22.3. The highest BCUT2D eigenvalue weighted by Gasteiger charge is 2.22. The van der Waals surface area contributed by atoms with Crippen LogP contribution >= 0.6 is 11.8 Å². The number of non-ortho nitro benzene ring substituents is 1. The third kappa shape index (κ3) is 4.49. The predicted molar refractivity (Wildman–Crippen MR) is 123 cm³/mol. The quantitative estimate of drug-likeness (QED) is 0.282. The Morgan fingerprint density at radius 1 is 1.19 bits per heavy atom. The van der Waals surface area contributed by atoms with Gasteiger partial charge in [-0.25, -0.2) is 0 Å². The lowest BCUT2D eigenvalue weighted by Gasteiger charge is -2.20. The zero-order valence-electron chi connectivity index (χ0n) is 18.6. The zero-order chi connectivity index (χ0) is 22.9. The number of fused-ring (bicyclic) bond motifs is 1. The maximum absolute atomic E-state index is 11.4. The summed E-state index contributed by atoms with van der Waals surface area (Å²) in [6.07, 6.45) is 0. The van der Waals surface area contributed by atoms with E-state index in [0.29, 0.717) is 30.2 Å². The molecule has 0 aliphatic carbocycles. The first-order valence-corrected chi connectivity index (χ1v) is 11.4. The Hall–Kier alpha value is -2.91. The number of nitro benzene ring substituents is 1. The standard InChI is InChI=1S/C23H26N4O4S/c1-5-26-21(15-6-8-18(9-7-15)23(2,3)4)24-25-22(26)32-13-17-11-19(27(28)29)10-16-12-30-14-31-20(16)17/h6-11H,5,12-14H2,1-4H3. The Morgan fingerprint density at radius 2 is 1.94 bits per heavy atom. The van der Waals surface area contributed by atoms with Gasteiger partial charge >= 0.3 is 0 Å². The molecule has 0 amide bonds. The van der Waals surface area contributed by atoms with Gasteiger partial charge in [0.05, 0.1) is 11.5 Å². The van der Waals surface area contributed by atoms with E-state index in [1.165, 1.54) is 23.4 Å². The smallest absolute Gasteiger partial charge is 0.270 e. The fraction of sp³-hybridized carbons (Fsp3) is 0.391. The van der Waals surface area contributed by atoms with Crippen molar-refractivity contribution in [3.63, 3.8) is 0 Å². The van der Waals surface area contributed by atoms with Gasteiger partial charge in [-0.2, -0.15) is 0 Å².